The van der Waals surface area contributed by atoms with Crippen molar-refractivity contribution in [2.45, 2.75) is 72.3 Å². The van der Waals surface area contributed by atoms with Gasteiger partial charge in [0, 0.05) is 12.3 Å². The number of carboxylic acid groups (broad SMARTS) is 1. The molecule has 3 aliphatic rings. The Kier molecular flexibility index (Phi) is 4.61. The van der Waals surface area contributed by atoms with Gasteiger partial charge in [-0.2, -0.15) is 0 Å². The van der Waals surface area contributed by atoms with Crippen molar-refractivity contribution in [3.8, 4) is 0 Å². The highest BCUT2D eigenvalue weighted by Gasteiger charge is 2.59. The van der Waals surface area contributed by atoms with Crippen LogP contribution in [-0.2, 0) is 14.3 Å². The summed E-state index contributed by atoms with van der Waals surface area (Å²) in [5.74, 6) is -0.528. The first-order valence-corrected chi connectivity index (χ1v) is 9.80. The Balaban J connectivity index is 2.01. The summed E-state index contributed by atoms with van der Waals surface area (Å²) in [7, 11) is 0. The average molecular weight is 360 g/mol. The van der Waals surface area contributed by atoms with E-state index >= 15 is 0 Å². The molecule has 0 aromatic heterocycles. The molecule has 0 aromatic rings. The molecule has 4 heteroatoms. The van der Waals surface area contributed by atoms with Crippen LogP contribution in [0.3, 0.4) is 0 Å². The molecule has 0 heterocycles. The second kappa shape index (κ2) is 6.24. The van der Waals surface area contributed by atoms with Crippen molar-refractivity contribution < 1.29 is 19.4 Å². The Morgan fingerprint density at radius 1 is 1.31 bits per heavy atom. The molecule has 2 fully saturated rings. The molecule has 0 unspecified atom stereocenters. The van der Waals surface area contributed by atoms with Gasteiger partial charge in [-0.05, 0) is 56.3 Å². The number of carbonyl (C=O) groups is 2. The second-order valence-electron chi connectivity index (χ2n) is 9.42. The minimum Gasteiger partial charge on any atom is -0.481 e. The Labute approximate surface area is 156 Å². The van der Waals surface area contributed by atoms with E-state index in [0.717, 1.165) is 38.5 Å². The lowest BCUT2D eigenvalue weighted by atomic mass is 9.45. The van der Waals surface area contributed by atoms with Crippen molar-refractivity contribution in [1.29, 1.82) is 0 Å². The summed E-state index contributed by atoms with van der Waals surface area (Å²) >= 11 is 0. The summed E-state index contributed by atoms with van der Waals surface area (Å²) in [6.45, 7) is 11.8. The number of fused-ring (bicyclic) bond motifs is 3. The summed E-state index contributed by atoms with van der Waals surface area (Å²) in [6.07, 6.45) is 9.17. The van der Waals surface area contributed by atoms with E-state index in [9.17, 15) is 14.7 Å². The maximum atomic E-state index is 12.1. The molecule has 26 heavy (non-hydrogen) atoms. The zero-order valence-electron chi connectivity index (χ0n) is 16.5. The van der Waals surface area contributed by atoms with Gasteiger partial charge in [0.2, 0.25) is 0 Å². The fraction of sp³-hybridized carbons (Fsp3) is 0.727. The third kappa shape index (κ3) is 2.73. The monoisotopic (exact) mass is 360 g/mol. The summed E-state index contributed by atoms with van der Waals surface area (Å²) in [5.41, 5.74) is 0.410. The van der Waals surface area contributed by atoms with Crippen LogP contribution < -0.4 is 0 Å². The van der Waals surface area contributed by atoms with Crippen molar-refractivity contribution in [2.24, 2.45) is 28.1 Å². The van der Waals surface area contributed by atoms with Gasteiger partial charge >= 0.3 is 11.9 Å². The molecule has 2 saturated carbocycles. The molecule has 0 bridgehead atoms. The first-order valence-electron chi connectivity index (χ1n) is 9.80. The normalized spacial score (nSPS) is 44.9. The maximum Gasteiger partial charge on any atom is 0.309 e. The molecule has 3 rings (SSSR count). The molecule has 6 atom stereocenters. The zero-order valence-corrected chi connectivity index (χ0v) is 16.5. The molecule has 144 valence electrons. The predicted molar refractivity (Wildman–Crippen MR) is 100 cm³/mol. The van der Waals surface area contributed by atoms with Crippen molar-refractivity contribution in [1.82, 2.24) is 0 Å². The Bertz CT molecular complexity index is 665. The summed E-state index contributed by atoms with van der Waals surface area (Å²) in [4.78, 5) is 23.8. The molecule has 1 N–H and O–H groups in total. The van der Waals surface area contributed by atoms with E-state index in [2.05, 4.69) is 26.5 Å². The van der Waals surface area contributed by atoms with Gasteiger partial charge in [0.25, 0.3) is 0 Å². The molecule has 0 saturated heterocycles. The summed E-state index contributed by atoms with van der Waals surface area (Å²) in [5, 5.41) is 9.94. The standard InChI is InChI=1S/C22H32O4/c1-6-20(3)13-15-8-9-17-21(4,10-7-11-22(17,5)19(24)25)16(15)12-18(20)26-14(2)23/h6,8,16-18H,1,7,9-13H2,2-5H3,(H,24,25)/t16-,17-,18-,20-,21+,22-/m1/s1. The molecular weight excluding hydrogens is 328 g/mol. The van der Waals surface area contributed by atoms with E-state index in [0.29, 0.717) is 0 Å². The number of aliphatic carboxylic acids is 1. The van der Waals surface area contributed by atoms with Crippen LogP contribution >= 0.6 is 0 Å². The zero-order chi connectivity index (χ0) is 19.3. The lowest BCUT2D eigenvalue weighted by Gasteiger charge is -2.59. The molecule has 0 radical (unpaired) electrons. The van der Waals surface area contributed by atoms with Gasteiger partial charge in [-0.3, -0.25) is 9.59 Å². The lowest BCUT2D eigenvalue weighted by Crippen LogP contribution is -2.55. The summed E-state index contributed by atoms with van der Waals surface area (Å²) < 4.78 is 5.72. The van der Waals surface area contributed by atoms with Crippen LogP contribution in [0.1, 0.15) is 66.2 Å². The quantitative estimate of drug-likeness (QED) is 0.583. The molecule has 3 aliphatic carbocycles. The molecule has 4 nitrogen and oxygen atoms in total. The van der Waals surface area contributed by atoms with Crippen LogP contribution in [0.2, 0.25) is 0 Å². The fourth-order valence-electron chi connectivity index (χ4n) is 6.19. The van der Waals surface area contributed by atoms with Gasteiger partial charge in [0.05, 0.1) is 5.41 Å². The van der Waals surface area contributed by atoms with Gasteiger partial charge in [0.1, 0.15) is 6.10 Å². The van der Waals surface area contributed by atoms with Gasteiger partial charge in [-0.25, -0.2) is 0 Å². The van der Waals surface area contributed by atoms with Crippen LogP contribution in [0.4, 0.5) is 0 Å². The number of carbonyl (C=O) groups excluding carboxylic acids is 1. The highest BCUT2D eigenvalue weighted by molar-refractivity contribution is 5.75. The minimum atomic E-state index is -0.675. The third-order valence-electron chi connectivity index (χ3n) is 7.87. The van der Waals surface area contributed by atoms with Gasteiger partial charge in [-0.15, -0.1) is 6.58 Å². The fourth-order valence-corrected chi connectivity index (χ4v) is 6.19. The molecule has 0 amide bonds. The largest absolute Gasteiger partial charge is 0.481 e. The number of hydrogen-bond donors (Lipinski definition) is 1. The highest BCUT2D eigenvalue weighted by atomic mass is 16.5. The van der Waals surface area contributed by atoms with E-state index in [1.807, 2.05) is 13.0 Å². The Morgan fingerprint density at radius 2 is 2.00 bits per heavy atom. The van der Waals surface area contributed by atoms with E-state index < -0.39 is 11.4 Å². The highest BCUT2D eigenvalue weighted by Crippen LogP contribution is 2.64. The van der Waals surface area contributed by atoms with Crippen molar-refractivity contribution in [2.75, 3.05) is 0 Å². The number of allylic oxidation sites excluding steroid dienone is 2. The second-order valence-corrected chi connectivity index (χ2v) is 9.42. The predicted octanol–water partition coefficient (Wildman–Crippen LogP) is 4.75. The van der Waals surface area contributed by atoms with E-state index in [1.54, 1.807) is 0 Å². The van der Waals surface area contributed by atoms with E-state index in [-0.39, 0.29) is 34.7 Å². The summed E-state index contributed by atoms with van der Waals surface area (Å²) in [6, 6.07) is 0. The number of ether oxygens (including phenoxy) is 1. The van der Waals surface area contributed by atoms with Crippen LogP contribution in [0.15, 0.2) is 24.3 Å². The molecule has 0 spiro atoms. The van der Waals surface area contributed by atoms with Crippen molar-refractivity contribution in [3.63, 3.8) is 0 Å². The number of rotatable bonds is 3. The molecular formula is C22H32O4. The van der Waals surface area contributed by atoms with Gasteiger partial charge < -0.3 is 9.84 Å². The first kappa shape index (κ1) is 19.2. The SMILES string of the molecule is C=C[C@]1(C)CC2=CC[C@@H]3[C@@](C)(CCC[C@@]3(C)C(=O)O)[C@@H]2C[C@H]1OC(C)=O. The minimum absolute atomic E-state index is 0.0592. The average Bonchev–Trinajstić information content (AvgIpc) is 2.55. The Morgan fingerprint density at radius 3 is 2.58 bits per heavy atom. The topological polar surface area (TPSA) is 63.6 Å². The van der Waals surface area contributed by atoms with Gasteiger partial charge in [0.15, 0.2) is 0 Å². The van der Waals surface area contributed by atoms with Crippen LogP contribution in [0.25, 0.3) is 0 Å². The first-order chi connectivity index (χ1) is 12.1. The van der Waals surface area contributed by atoms with E-state index in [4.69, 9.17) is 4.74 Å². The van der Waals surface area contributed by atoms with Gasteiger partial charge in [-0.1, -0.05) is 38.0 Å². The lowest BCUT2D eigenvalue weighted by molar-refractivity contribution is -0.167. The maximum absolute atomic E-state index is 12.1. The number of esters is 1. The smallest absolute Gasteiger partial charge is 0.309 e. The molecule has 0 aliphatic heterocycles. The van der Waals surface area contributed by atoms with Crippen LogP contribution in [0.5, 0.6) is 0 Å². The van der Waals surface area contributed by atoms with Crippen LogP contribution in [0, 0.1) is 28.1 Å². The number of hydrogen-bond acceptors (Lipinski definition) is 3. The Hall–Kier alpha value is -1.58. The van der Waals surface area contributed by atoms with Crippen LogP contribution in [-0.4, -0.2) is 23.1 Å². The third-order valence-corrected chi connectivity index (χ3v) is 7.87. The number of carboxylic acids is 1. The van der Waals surface area contributed by atoms with Crippen molar-refractivity contribution >= 4 is 11.9 Å². The van der Waals surface area contributed by atoms with E-state index in [1.165, 1.54) is 12.5 Å². The molecule has 0 aromatic carbocycles. The van der Waals surface area contributed by atoms with Crippen molar-refractivity contribution in [3.05, 3.63) is 24.3 Å².